The second-order valence-electron chi connectivity index (χ2n) is 3.30. The Balaban J connectivity index is 3.34. The largest absolute Gasteiger partial charge is 0.496 e. The van der Waals surface area contributed by atoms with Crippen molar-refractivity contribution in [3.05, 3.63) is 23.0 Å². The van der Waals surface area contributed by atoms with Crippen LogP contribution in [-0.4, -0.2) is 24.7 Å². The lowest BCUT2D eigenvalue weighted by Crippen LogP contribution is -2.15. The zero-order chi connectivity index (χ0) is 13.7. The fourth-order valence-corrected chi connectivity index (χ4v) is 1.51. The van der Waals surface area contributed by atoms with Crippen LogP contribution in [-0.2, 0) is 11.3 Å². The molecule has 0 saturated carbocycles. The smallest absolute Gasteiger partial charge is 0.357 e. The first-order chi connectivity index (χ1) is 8.56. The first-order valence-electron chi connectivity index (χ1n) is 5.27. The summed E-state index contributed by atoms with van der Waals surface area (Å²) in [5.41, 5.74) is 5.08. The summed E-state index contributed by atoms with van der Waals surface area (Å²) in [5, 5.41) is 0. The molecule has 0 radical (unpaired) electrons. The molecule has 0 aromatic carbocycles. The molecule has 1 aromatic rings. The highest BCUT2D eigenvalue weighted by atomic mass is 19.3. The third kappa shape index (κ3) is 2.73. The third-order valence-corrected chi connectivity index (χ3v) is 2.27. The van der Waals surface area contributed by atoms with Gasteiger partial charge in [0.25, 0.3) is 6.43 Å². The van der Waals surface area contributed by atoms with Crippen LogP contribution < -0.4 is 10.5 Å². The summed E-state index contributed by atoms with van der Waals surface area (Å²) in [5.74, 6) is -0.831. The second-order valence-corrected chi connectivity index (χ2v) is 3.30. The molecule has 0 fully saturated rings. The molecule has 7 heteroatoms. The maximum atomic E-state index is 12.7. The Morgan fingerprint density at radius 2 is 2.22 bits per heavy atom. The zero-order valence-corrected chi connectivity index (χ0v) is 10.1. The third-order valence-electron chi connectivity index (χ3n) is 2.27. The van der Waals surface area contributed by atoms with Gasteiger partial charge in [-0.15, -0.1) is 0 Å². The number of carbonyl (C=O) groups excluding carboxylic acids is 1. The summed E-state index contributed by atoms with van der Waals surface area (Å²) in [4.78, 5) is 15.3. The van der Waals surface area contributed by atoms with Crippen LogP contribution in [0.4, 0.5) is 8.78 Å². The van der Waals surface area contributed by atoms with Crippen molar-refractivity contribution in [2.24, 2.45) is 5.73 Å². The molecule has 0 saturated heterocycles. The number of methoxy groups -OCH3 is 1. The van der Waals surface area contributed by atoms with Gasteiger partial charge in [0, 0.05) is 18.3 Å². The van der Waals surface area contributed by atoms with Gasteiger partial charge in [-0.1, -0.05) is 0 Å². The number of hydrogen-bond donors (Lipinski definition) is 1. The predicted octanol–water partition coefficient (Wildman–Crippen LogP) is 1.66. The number of nitrogens with zero attached hydrogens (tertiary/aromatic N) is 1. The van der Waals surface area contributed by atoms with Crippen molar-refractivity contribution >= 4 is 5.97 Å². The number of carbonyl (C=O) groups is 1. The minimum absolute atomic E-state index is 0.0967. The van der Waals surface area contributed by atoms with Gasteiger partial charge in [-0.2, -0.15) is 0 Å². The lowest BCUT2D eigenvalue weighted by molar-refractivity contribution is 0.0516. The van der Waals surface area contributed by atoms with Crippen LogP contribution in [0.3, 0.4) is 0 Å². The number of aromatic nitrogens is 1. The summed E-state index contributed by atoms with van der Waals surface area (Å²) in [7, 11) is 1.23. The van der Waals surface area contributed by atoms with Gasteiger partial charge in [0.05, 0.1) is 19.3 Å². The van der Waals surface area contributed by atoms with E-state index in [1.54, 1.807) is 6.92 Å². The van der Waals surface area contributed by atoms with Crippen LogP contribution in [0, 0.1) is 0 Å². The molecule has 0 aliphatic carbocycles. The Morgan fingerprint density at radius 1 is 1.56 bits per heavy atom. The van der Waals surface area contributed by atoms with Gasteiger partial charge in [-0.25, -0.2) is 18.6 Å². The molecule has 0 amide bonds. The molecule has 2 N–H and O–H groups in total. The average molecular weight is 260 g/mol. The number of alkyl halides is 2. The molecule has 18 heavy (non-hydrogen) atoms. The first kappa shape index (κ1) is 14.3. The number of nitrogens with two attached hydrogens (primary N) is 1. The van der Waals surface area contributed by atoms with Crippen LogP contribution in [0.25, 0.3) is 0 Å². The fraction of sp³-hybridized carbons (Fsp3) is 0.455. The predicted molar refractivity (Wildman–Crippen MR) is 59.6 cm³/mol. The van der Waals surface area contributed by atoms with E-state index in [0.717, 1.165) is 6.20 Å². The van der Waals surface area contributed by atoms with E-state index < -0.39 is 18.0 Å². The van der Waals surface area contributed by atoms with Gasteiger partial charge in [0.2, 0.25) is 0 Å². The number of ether oxygens (including phenoxy) is 2. The lowest BCUT2D eigenvalue weighted by Gasteiger charge is -2.14. The Morgan fingerprint density at radius 3 is 2.67 bits per heavy atom. The average Bonchev–Trinajstić information content (AvgIpc) is 2.36. The molecule has 0 atom stereocenters. The molecule has 5 nitrogen and oxygen atoms in total. The summed E-state index contributed by atoms with van der Waals surface area (Å²) in [6.07, 6.45) is -1.86. The van der Waals surface area contributed by atoms with E-state index >= 15 is 0 Å². The van der Waals surface area contributed by atoms with Crippen molar-refractivity contribution in [1.82, 2.24) is 4.98 Å². The van der Waals surface area contributed by atoms with E-state index in [4.69, 9.17) is 15.2 Å². The molecule has 0 spiro atoms. The summed E-state index contributed by atoms with van der Waals surface area (Å²) in [6.45, 7) is 1.64. The van der Waals surface area contributed by atoms with Crippen LogP contribution in [0.15, 0.2) is 6.20 Å². The molecular formula is C11H14F2N2O3. The summed E-state index contributed by atoms with van der Waals surface area (Å²) in [6, 6.07) is 0. The molecule has 100 valence electrons. The number of rotatable bonds is 5. The monoisotopic (exact) mass is 260 g/mol. The quantitative estimate of drug-likeness (QED) is 0.815. The van der Waals surface area contributed by atoms with Gasteiger partial charge in [-0.05, 0) is 6.92 Å². The zero-order valence-electron chi connectivity index (χ0n) is 10.1. The molecule has 0 aliphatic rings. The van der Waals surface area contributed by atoms with E-state index in [2.05, 4.69) is 4.98 Å². The molecule has 1 rings (SSSR count). The molecule has 1 aromatic heterocycles. The van der Waals surface area contributed by atoms with Crippen LogP contribution in [0.2, 0.25) is 0 Å². The first-order valence-corrected chi connectivity index (χ1v) is 5.27. The maximum absolute atomic E-state index is 12.7. The Kier molecular flexibility index (Phi) is 4.96. The second kappa shape index (κ2) is 6.25. The van der Waals surface area contributed by atoms with Gasteiger partial charge in [0.15, 0.2) is 5.69 Å². The Bertz CT molecular complexity index is 439. The van der Waals surface area contributed by atoms with E-state index in [1.807, 2.05) is 0 Å². The van der Waals surface area contributed by atoms with Gasteiger partial charge < -0.3 is 15.2 Å². The maximum Gasteiger partial charge on any atom is 0.357 e. The van der Waals surface area contributed by atoms with E-state index in [0.29, 0.717) is 0 Å². The highest BCUT2D eigenvalue weighted by molar-refractivity contribution is 5.89. The number of halogens is 2. The molecular weight excluding hydrogens is 246 g/mol. The summed E-state index contributed by atoms with van der Waals surface area (Å²) >= 11 is 0. The Hall–Kier alpha value is -1.76. The van der Waals surface area contributed by atoms with E-state index in [1.165, 1.54) is 7.11 Å². The fourth-order valence-electron chi connectivity index (χ4n) is 1.51. The summed E-state index contributed by atoms with van der Waals surface area (Å²) < 4.78 is 35.1. The van der Waals surface area contributed by atoms with Crippen LogP contribution in [0.1, 0.15) is 35.0 Å². The standard InChI is InChI=1S/C11H14F2N2O3/c1-3-18-11(16)8-6(4-14)9(17-2)7(5-15-8)10(12)13/h5,10H,3-4,14H2,1-2H3. The van der Waals surface area contributed by atoms with E-state index in [-0.39, 0.29) is 30.2 Å². The van der Waals surface area contributed by atoms with Crippen molar-refractivity contribution in [2.75, 3.05) is 13.7 Å². The highest BCUT2D eigenvalue weighted by Crippen LogP contribution is 2.32. The molecule has 0 unspecified atom stereocenters. The van der Waals surface area contributed by atoms with Gasteiger partial charge in [-0.3, -0.25) is 0 Å². The minimum Gasteiger partial charge on any atom is -0.496 e. The van der Waals surface area contributed by atoms with Crippen LogP contribution in [0.5, 0.6) is 5.75 Å². The van der Waals surface area contributed by atoms with E-state index in [9.17, 15) is 13.6 Å². The number of hydrogen-bond acceptors (Lipinski definition) is 5. The van der Waals surface area contributed by atoms with Gasteiger partial charge >= 0.3 is 5.97 Å². The van der Waals surface area contributed by atoms with Crippen molar-refractivity contribution < 1.29 is 23.0 Å². The topological polar surface area (TPSA) is 74.4 Å². The van der Waals surface area contributed by atoms with Crippen LogP contribution >= 0.6 is 0 Å². The SMILES string of the molecule is CCOC(=O)c1ncc(C(F)F)c(OC)c1CN. The molecule has 0 aliphatic heterocycles. The lowest BCUT2D eigenvalue weighted by atomic mass is 10.1. The van der Waals surface area contributed by atoms with Crippen molar-refractivity contribution in [3.8, 4) is 5.75 Å². The van der Waals surface area contributed by atoms with Crippen molar-refractivity contribution in [1.29, 1.82) is 0 Å². The highest BCUT2D eigenvalue weighted by Gasteiger charge is 2.24. The number of pyridine rings is 1. The minimum atomic E-state index is -2.76. The number of esters is 1. The molecule has 0 bridgehead atoms. The molecule has 1 heterocycles. The Labute approximate surface area is 103 Å². The van der Waals surface area contributed by atoms with Crippen molar-refractivity contribution in [3.63, 3.8) is 0 Å². The van der Waals surface area contributed by atoms with Crippen molar-refractivity contribution in [2.45, 2.75) is 19.9 Å². The van der Waals surface area contributed by atoms with Gasteiger partial charge in [0.1, 0.15) is 5.75 Å². The normalized spacial score (nSPS) is 10.6.